The minimum Gasteiger partial charge on any atom is -0.491 e. The van der Waals surface area contributed by atoms with Crippen molar-refractivity contribution < 1.29 is 14.3 Å². The SMILES string of the molecule is CCOc1cnn(C(=O)OC(C)(C)C)c1. The summed E-state index contributed by atoms with van der Waals surface area (Å²) in [5.74, 6) is 0.559. The van der Waals surface area contributed by atoms with E-state index < -0.39 is 11.7 Å². The zero-order valence-electron chi connectivity index (χ0n) is 9.48. The lowest BCUT2D eigenvalue weighted by Gasteiger charge is -2.18. The van der Waals surface area contributed by atoms with Crippen LogP contribution in [0, 0.1) is 0 Å². The van der Waals surface area contributed by atoms with Crippen molar-refractivity contribution in [3.63, 3.8) is 0 Å². The van der Waals surface area contributed by atoms with Crippen LogP contribution in [0.4, 0.5) is 4.79 Å². The topological polar surface area (TPSA) is 53.4 Å². The van der Waals surface area contributed by atoms with Gasteiger partial charge in [0.2, 0.25) is 0 Å². The molecule has 1 heterocycles. The minimum atomic E-state index is -0.519. The number of ether oxygens (including phenoxy) is 2. The van der Waals surface area contributed by atoms with Crippen LogP contribution in [0.2, 0.25) is 0 Å². The average molecular weight is 212 g/mol. The molecule has 0 N–H and O–H groups in total. The van der Waals surface area contributed by atoms with Crippen LogP contribution < -0.4 is 4.74 Å². The van der Waals surface area contributed by atoms with E-state index in [-0.39, 0.29) is 0 Å². The Morgan fingerprint density at radius 2 is 2.20 bits per heavy atom. The van der Waals surface area contributed by atoms with Crippen LogP contribution in [0.15, 0.2) is 12.4 Å². The van der Waals surface area contributed by atoms with Crippen molar-refractivity contribution >= 4 is 6.09 Å². The third kappa shape index (κ3) is 3.61. The van der Waals surface area contributed by atoms with E-state index in [1.54, 1.807) is 20.8 Å². The van der Waals surface area contributed by atoms with Gasteiger partial charge in [-0.2, -0.15) is 9.78 Å². The second kappa shape index (κ2) is 4.33. The molecule has 0 saturated carbocycles. The molecule has 0 amide bonds. The highest BCUT2D eigenvalue weighted by atomic mass is 16.6. The molecule has 0 radical (unpaired) electrons. The summed E-state index contributed by atoms with van der Waals surface area (Å²) in [6, 6.07) is 0. The van der Waals surface area contributed by atoms with Crippen LogP contribution in [-0.2, 0) is 4.74 Å². The van der Waals surface area contributed by atoms with Gasteiger partial charge in [0.05, 0.1) is 19.0 Å². The Bertz CT molecular complexity index is 339. The number of rotatable bonds is 2. The molecule has 0 fully saturated rings. The first kappa shape index (κ1) is 11.6. The summed E-state index contributed by atoms with van der Waals surface area (Å²) < 4.78 is 11.4. The van der Waals surface area contributed by atoms with Crippen molar-refractivity contribution in [1.82, 2.24) is 9.78 Å². The minimum absolute atomic E-state index is 0.506. The molecule has 5 nitrogen and oxygen atoms in total. The summed E-state index contributed by atoms with van der Waals surface area (Å²) in [4.78, 5) is 11.5. The Morgan fingerprint density at radius 3 is 2.73 bits per heavy atom. The Balaban J connectivity index is 2.66. The van der Waals surface area contributed by atoms with Gasteiger partial charge >= 0.3 is 6.09 Å². The molecule has 0 spiro atoms. The van der Waals surface area contributed by atoms with Crippen LogP contribution in [0.1, 0.15) is 27.7 Å². The summed E-state index contributed by atoms with van der Waals surface area (Å²) in [7, 11) is 0. The van der Waals surface area contributed by atoms with Crippen LogP contribution >= 0.6 is 0 Å². The molecule has 0 aliphatic carbocycles. The lowest BCUT2D eigenvalue weighted by Crippen LogP contribution is -2.27. The molecule has 1 aromatic heterocycles. The van der Waals surface area contributed by atoms with Gasteiger partial charge in [0.15, 0.2) is 5.75 Å². The third-order valence-electron chi connectivity index (χ3n) is 1.45. The van der Waals surface area contributed by atoms with E-state index in [0.717, 1.165) is 4.68 Å². The second-order valence-electron chi connectivity index (χ2n) is 4.03. The van der Waals surface area contributed by atoms with Gasteiger partial charge in [0.1, 0.15) is 5.60 Å². The fourth-order valence-electron chi connectivity index (χ4n) is 0.956. The molecule has 0 saturated heterocycles. The molecule has 0 aliphatic heterocycles. The van der Waals surface area contributed by atoms with Crippen LogP contribution in [0.25, 0.3) is 0 Å². The summed E-state index contributed by atoms with van der Waals surface area (Å²) >= 11 is 0. The largest absolute Gasteiger partial charge is 0.491 e. The molecule has 1 rings (SSSR count). The van der Waals surface area contributed by atoms with Crippen LogP contribution in [0.5, 0.6) is 5.75 Å². The molecule has 1 aromatic rings. The van der Waals surface area contributed by atoms with E-state index in [1.165, 1.54) is 12.4 Å². The standard InChI is InChI=1S/C10H16N2O3/c1-5-14-8-6-11-12(7-8)9(13)15-10(2,3)4/h6-7H,5H2,1-4H3. The van der Waals surface area contributed by atoms with Crippen molar-refractivity contribution in [2.24, 2.45) is 0 Å². The first-order chi connectivity index (χ1) is 6.92. The van der Waals surface area contributed by atoms with Gasteiger partial charge in [-0.15, -0.1) is 0 Å². The Hall–Kier alpha value is -1.52. The van der Waals surface area contributed by atoms with Gasteiger partial charge in [-0.25, -0.2) is 4.79 Å². The van der Waals surface area contributed by atoms with E-state index in [4.69, 9.17) is 9.47 Å². The van der Waals surface area contributed by atoms with Crippen LogP contribution in [0.3, 0.4) is 0 Å². The Kier molecular flexibility index (Phi) is 3.34. The molecule has 0 bridgehead atoms. The van der Waals surface area contributed by atoms with Gasteiger partial charge in [0.25, 0.3) is 0 Å². The van der Waals surface area contributed by atoms with Crippen molar-refractivity contribution in [2.75, 3.05) is 6.61 Å². The van der Waals surface area contributed by atoms with Crippen molar-refractivity contribution in [1.29, 1.82) is 0 Å². The highest BCUT2D eigenvalue weighted by Gasteiger charge is 2.18. The Morgan fingerprint density at radius 1 is 1.53 bits per heavy atom. The average Bonchev–Trinajstić information content (AvgIpc) is 2.50. The number of hydrogen-bond acceptors (Lipinski definition) is 4. The van der Waals surface area contributed by atoms with E-state index in [0.29, 0.717) is 12.4 Å². The molecule has 84 valence electrons. The molecule has 0 aliphatic rings. The highest BCUT2D eigenvalue weighted by molar-refractivity contribution is 5.70. The fourth-order valence-corrected chi connectivity index (χ4v) is 0.956. The van der Waals surface area contributed by atoms with E-state index >= 15 is 0 Å². The molecular weight excluding hydrogens is 196 g/mol. The zero-order valence-corrected chi connectivity index (χ0v) is 9.48. The van der Waals surface area contributed by atoms with E-state index in [9.17, 15) is 4.79 Å². The highest BCUT2D eigenvalue weighted by Crippen LogP contribution is 2.12. The van der Waals surface area contributed by atoms with Crippen molar-refractivity contribution in [2.45, 2.75) is 33.3 Å². The maximum absolute atomic E-state index is 11.5. The number of carbonyl (C=O) groups is 1. The normalized spacial score (nSPS) is 11.2. The van der Waals surface area contributed by atoms with Gasteiger partial charge in [0, 0.05) is 0 Å². The van der Waals surface area contributed by atoms with Crippen molar-refractivity contribution in [3.05, 3.63) is 12.4 Å². The summed E-state index contributed by atoms with van der Waals surface area (Å²) in [6.45, 7) is 7.82. The predicted octanol–water partition coefficient (Wildman–Crippen LogP) is 2.06. The molecule has 0 aromatic carbocycles. The van der Waals surface area contributed by atoms with E-state index in [1.807, 2.05) is 6.92 Å². The first-order valence-electron chi connectivity index (χ1n) is 4.83. The van der Waals surface area contributed by atoms with Gasteiger partial charge < -0.3 is 9.47 Å². The predicted molar refractivity (Wildman–Crippen MR) is 55.0 cm³/mol. The smallest absolute Gasteiger partial charge is 0.435 e. The second-order valence-corrected chi connectivity index (χ2v) is 4.03. The number of hydrogen-bond donors (Lipinski definition) is 0. The summed E-state index contributed by atoms with van der Waals surface area (Å²) in [5.41, 5.74) is -0.519. The number of carbonyl (C=O) groups excluding carboxylic acids is 1. The first-order valence-corrected chi connectivity index (χ1v) is 4.83. The van der Waals surface area contributed by atoms with Gasteiger partial charge in [-0.05, 0) is 27.7 Å². The van der Waals surface area contributed by atoms with E-state index in [2.05, 4.69) is 5.10 Å². The Labute approximate surface area is 89.0 Å². The van der Waals surface area contributed by atoms with Crippen molar-refractivity contribution in [3.8, 4) is 5.75 Å². The van der Waals surface area contributed by atoms with Gasteiger partial charge in [-0.3, -0.25) is 0 Å². The zero-order chi connectivity index (χ0) is 11.5. The maximum atomic E-state index is 11.5. The van der Waals surface area contributed by atoms with Crippen LogP contribution in [-0.4, -0.2) is 28.1 Å². The maximum Gasteiger partial charge on any atom is 0.435 e. The third-order valence-corrected chi connectivity index (χ3v) is 1.45. The summed E-state index contributed by atoms with van der Waals surface area (Å²) in [6.07, 6.45) is 2.47. The molecule has 0 atom stereocenters. The number of aromatic nitrogens is 2. The monoisotopic (exact) mass is 212 g/mol. The summed E-state index contributed by atoms with van der Waals surface area (Å²) in [5, 5.41) is 3.84. The quantitative estimate of drug-likeness (QED) is 0.753. The molecule has 5 heteroatoms. The lowest BCUT2D eigenvalue weighted by atomic mass is 10.2. The lowest BCUT2D eigenvalue weighted by molar-refractivity contribution is 0.0514. The molecule has 0 unspecified atom stereocenters. The molecular formula is C10H16N2O3. The fraction of sp³-hybridized carbons (Fsp3) is 0.600. The number of nitrogens with zero attached hydrogens (tertiary/aromatic N) is 2. The van der Waals surface area contributed by atoms with Gasteiger partial charge in [-0.1, -0.05) is 0 Å². The molecule has 15 heavy (non-hydrogen) atoms.